The number of pyridine rings is 1. The zero-order valence-corrected chi connectivity index (χ0v) is 10.8. The van der Waals surface area contributed by atoms with Crippen molar-refractivity contribution >= 4 is 40.7 Å². The first-order valence-electron chi connectivity index (χ1n) is 4.61. The van der Waals surface area contributed by atoms with Crippen LogP contribution in [0.3, 0.4) is 0 Å². The Kier molecular flexibility index (Phi) is 3.76. The monoisotopic (exact) mass is 288 g/mol. The molecule has 17 heavy (non-hydrogen) atoms. The van der Waals surface area contributed by atoms with Crippen LogP contribution in [-0.2, 0) is 0 Å². The van der Waals surface area contributed by atoms with Gasteiger partial charge in [0.25, 0.3) is 0 Å². The number of benzene rings is 1. The van der Waals surface area contributed by atoms with E-state index in [0.29, 0.717) is 20.6 Å². The van der Waals surface area contributed by atoms with Crippen molar-refractivity contribution in [3.8, 4) is 0 Å². The summed E-state index contributed by atoms with van der Waals surface area (Å²) in [5, 5.41) is 1.13. The highest BCUT2D eigenvalue weighted by atomic mass is 35.5. The molecule has 0 saturated carbocycles. The molecule has 0 spiro atoms. The van der Waals surface area contributed by atoms with E-state index in [4.69, 9.17) is 28.9 Å². The largest absolute Gasteiger partial charge is 0.398 e. The molecular weight excluding hydrogens is 282 g/mol. The Hall–Kier alpha value is -0.970. The Morgan fingerprint density at radius 1 is 1.24 bits per heavy atom. The van der Waals surface area contributed by atoms with E-state index in [-0.39, 0.29) is 5.02 Å². The number of hydrogen-bond acceptors (Lipinski definition) is 3. The summed E-state index contributed by atoms with van der Waals surface area (Å²) in [5.74, 6) is -0.541. The number of hydrogen-bond donors (Lipinski definition) is 1. The molecule has 0 aliphatic carbocycles. The van der Waals surface area contributed by atoms with Crippen LogP contribution in [0, 0.1) is 5.82 Å². The highest BCUT2D eigenvalue weighted by Crippen LogP contribution is 2.36. The fraction of sp³-hybridized carbons (Fsp3) is 0. The minimum absolute atomic E-state index is 0.0220. The van der Waals surface area contributed by atoms with Gasteiger partial charge in [-0.25, -0.2) is 9.37 Å². The van der Waals surface area contributed by atoms with Gasteiger partial charge >= 0.3 is 0 Å². The highest BCUT2D eigenvalue weighted by molar-refractivity contribution is 7.99. The van der Waals surface area contributed by atoms with E-state index in [1.54, 1.807) is 18.3 Å². The van der Waals surface area contributed by atoms with Crippen LogP contribution in [0.5, 0.6) is 0 Å². The third kappa shape index (κ3) is 2.83. The molecule has 0 amide bonds. The van der Waals surface area contributed by atoms with Crippen molar-refractivity contribution in [2.75, 3.05) is 5.73 Å². The fourth-order valence-corrected chi connectivity index (χ4v) is 2.49. The first-order chi connectivity index (χ1) is 8.08. The van der Waals surface area contributed by atoms with Crippen LogP contribution in [0.4, 0.5) is 10.1 Å². The molecule has 1 aromatic carbocycles. The number of anilines is 1. The molecule has 2 rings (SSSR count). The van der Waals surface area contributed by atoms with Crippen molar-refractivity contribution in [2.45, 2.75) is 9.92 Å². The average Bonchev–Trinajstić information content (AvgIpc) is 2.29. The highest BCUT2D eigenvalue weighted by Gasteiger charge is 2.10. The summed E-state index contributed by atoms with van der Waals surface area (Å²) in [5.41, 5.74) is 6.00. The maximum Gasteiger partial charge on any atom is 0.143 e. The number of rotatable bonds is 2. The molecule has 0 atom stereocenters. The van der Waals surface area contributed by atoms with Gasteiger partial charge in [0, 0.05) is 16.8 Å². The Labute approximate surface area is 112 Å². The van der Waals surface area contributed by atoms with Gasteiger partial charge in [-0.3, -0.25) is 0 Å². The maximum atomic E-state index is 13.1. The van der Waals surface area contributed by atoms with Gasteiger partial charge in [-0.1, -0.05) is 35.0 Å². The number of aromatic nitrogens is 1. The lowest BCUT2D eigenvalue weighted by Gasteiger charge is -2.07. The summed E-state index contributed by atoms with van der Waals surface area (Å²) < 4.78 is 13.1. The quantitative estimate of drug-likeness (QED) is 0.839. The van der Waals surface area contributed by atoms with E-state index in [1.165, 1.54) is 23.9 Å². The second-order valence-corrected chi connectivity index (χ2v) is 5.04. The van der Waals surface area contributed by atoms with E-state index >= 15 is 0 Å². The molecule has 2 N–H and O–H groups in total. The Morgan fingerprint density at radius 2 is 2.00 bits per heavy atom. The Balaban J connectivity index is 2.37. The number of nitrogen functional groups attached to an aromatic ring is 1. The van der Waals surface area contributed by atoms with Gasteiger partial charge in [0.05, 0.1) is 10.0 Å². The first kappa shape index (κ1) is 12.5. The van der Waals surface area contributed by atoms with Gasteiger partial charge < -0.3 is 5.73 Å². The molecule has 0 radical (unpaired) electrons. The topological polar surface area (TPSA) is 38.9 Å². The normalized spacial score (nSPS) is 10.5. The minimum Gasteiger partial charge on any atom is -0.398 e. The van der Waals surface area contributed by atoms with Crippen molar-refractivity contribution in [3.05, 3.63) is 46.3 Å². The predicted molar refractivity (Wildman–Crippen MR) is 69.2 cm³/mol. The molecule has 88 valence electrons. The van der Waals surface area contributed by atoms with E-state index in [0.717, 1.165) is 0 Å². The lowest BCUT2D eigenvalue weighted by molar-refractivity contribution is 0.628. The molecule has 0 bridgehead atoms. The zero-order valence-electron chi connectivity index (χ0n) is 8.45. The first-order valence-corrected chi connectivity index (χ1v) is 6.18. The fourth-order valence-electron chi connectivity index (χ4n) is 1.18. The van der Waals surface area contributed by atoms with Gasteiger partial charge in [0.15, 0.2) is 0 Å². The molecule has 0 aliphatic rings. The van der Waals surface area contributed by atoms with Gasteiger partial charge in [-0.15, -0.1) is 0 Å². The molecule has 1 aromatic heterocycles. The van der Waals surface area contributed by atoms with Crippen molar-refractivity contribution < 1.29 is 4.39 Å². The minimum atomic E-state index is -0.541. The van der Waals surface area contributed by atoms with Crippen molar-refractivity contribution in [2.24, 2.45) is 0 Å². The SMILES string of the molecule is Nc1cc(F)c(Cl)cc1Sc1ncccc1Cl. The Bertz CT molecular complexity index is 563. The summed E-state index contributed by atoms with van der Waals surface area (Å²) in [7, 11) is 0. The molecule has 0 aliphatic heterocycles. The molecule has 0 saturated heterocycles. The van der Waals surface area contributed by atoms with Crippen LogP contribution in [0.2, 0.25) is 10.0 Å². The van der Waals surface area contributed by atoms with Crippen LogP contribution < -0.4 is 5.73 Å². The van der Waals surface area contributed by atoms with Crippen LogP contribution in [-0.4, -0.2) is 4.98 Å². The van der Waals surface area contributed by atoms with E-state index in [9.17, 15) is 4.39 Å². The number of nitrogens with zero attached hydrogens (tertiary/aromatic N) is 1. The van der Waals surface area contributed by atoms with Crippen molar-refractivity contribution in [1.82, 2.24) is 4.98 Å². The maximum absolute atomic E-state index is 13.1. The summed E-state index contributed by atoms with van der Waals surface area (Å²) in [4.78, 5) is 4.73. The van der Waals surface area contributed by atoms with Gasteiger partial charge in [0.2, 0.25) is 0 Å². The number of nitrogens with two attached hydrogens (primary N) is 1. The summed E-state index contributed by atoms with van der Waals surface area (Å²) in [6.07, 6.45) is 1.62. The van der Waals surface area contributed by atoms with Crippen LogP contribution in [0.15, 0.2) is 40.4 Å². The smallest absolute Gasteiger partial charge is 0.143 e. The van der Waals surface area contributed by atoms with E-state index in [2.05, 4.69) is 4.98 Å². The molecule has 0 unspecified atom stereocenters. The van der Waals surface area contributed by atoms with Crippen LogP contribution in [0.25, 0.3) is 0 Å². The lowest BCUT2D eigenvalue weighted by Crippen LogP contribution is -1.91. The van der Waals surface area contributed by atoms with Gasteiger partial charge in [-0.05, 0) is 24.3 Å². The Morgan fingerprint density at radius 3 is 2.71 bits per heavy atom. The van der Waals surface area contributed by atoms with Gasteiger partial charge in [-0.2, -0.15) is 0 Å². The summed E-state index contributed by atoms with van der Waals surface area (Å²) in [6, 6.07) is 6.09. The van der Waals surface area contributed by atoms with Crippen molar-refractivity contribution in [1.29, 1.82) is 0 Å². The van der Waals surface area contributed by atoms with E-state index < -0.39 is 5.82 Å². The summed E-state index contributed by atoms with van der Waals surface area (Å²) >= 11 is 12.9. The third-order valence-electron chi connectivity index (χ3n) is 1.98. The number of halogens is 3. The lowest BCUT2D eigenvalue weighted by atomic mass is 10.3. The van der Waals surface area contributed by atoms with Gasteiger partial charge in [0.1, 0.15) is 10.8 Å². The zero-order chi connectivity index (χ0) is 12.4. The molecular formula is C11H7Cl2FN2S. The van der Waals surface area contributed by atoms with Crippen molar-refractivity contribution in [3.63, 3.8) is 0 Å². The second kappa shape index (κ2) is 5.12. The molecule has 2 nitrogen and oxygen atoms in total. The van der Waals surface area contributed by atoms with Crippen LogP contribution in [0.1, 0.15) is 0 Å². The standard InChI is InChI=1S/C11H7Cl2FN2S/c12-6-2-1-3-16-11(6)17-10-4-7(13)8(14)5-9(10)15/h1-5H,15H2. The third-order valence-corrected chi connectivity index (χ3v) is 3.78. The average molecular weight is 289 g/mol. The second-order valence-electron chi connectivity index (χ2n) is 3.20. The summed E-state index contributed by atoms with van der Waals surface area (Å²) in [6.45, 7) is 0. The predicted octanol–water partition coefficient (Wildman–Crippen LogP) is 4.26. The van der Waals surface area contributed by atoms with E-state index in [1.807, 2.05) is 0 Å². The molecule has 6 heteroatoms. The van der Waals surface area contributed by atoms with Crippen LogP contribution >= 0.6 is 35.0 Å². The molecule has 0 fully saturated rings. The molecule has 2 aromatic rings. The molecule has 1 heterocycles.